The van der Waals surface area contributed by atoms with Gasteiger partial charge in [0.25, 0.3) is 0 Å². The minimum atomic E-state index is 0.787. The van der Waals surface area contributed by atoms with Crippen molar-refractivity contribution in [2.75, 3.05) is 12.4 Å². The van der Waals surface area contributed by atoms with Crippen LogP contribution in [0.3, 0.4) is 0 Å². The molecule has 0 radical (unpaired) electrons. The average Bonchev–Trinajstić information content (AvgIpc) is 1.86. The Bertz CT molecular complexity index is 40.8. The van der Waals surface area contributed by atoms with Gasteiger partial charge in [-0.25, -0.2) is 0 Å². The Morgan fingerprint density at radius 3 is 2.83 bits per heavy atom. The van der Waals surface area contributed by atoms with Gasteiger partial charge in [0.15, 0.2) is 0 Å². The van der Waals surface area contributed by atoms with Crippen LogP contribution in [0.5, 0.6) is 0 Å². The molecule has 0 saturated carbocycles. The lowest BCUT2D eigenvalue weighted by Gasteiger charge is -1.87. The van der Waals surface area contributed by atoms with E-state index in [1.807, 2.05) is 0 Å². The zero-order chi connectivity index (χ0) is 4.41. The molecule has 0 amide bonds. The first-order chi connectivity index (χ1) is 2.89. The fraction of sp³-hybridized carbons (Fsp3) is 1.00. The molecule has 1 atom stereocenters. The second-order valence-electron chi connectivity index (χ2n) is 1.67. The van der Waals surface area contributed by atoms with Gasteiger partial charge in [0.1, 0.15) is 0 Å². The van der Waals surface area contributed by atoms with Crippen LogP contribution in [0.1, 0.15) is 6.92 Å². The van der Waals surface area contributed by atoms with Gasteiger partial charge in [-0.05, 0) is 18.0 Å². The normalized spacial score (nSPS) is 34.5. The molecule has 1 rings (SSSR count). The predicted octanol–water partition coefficient (Wildman–Crippen LogP) is 1.30. The highest BCUT2D eigenvalue weighted by Crippen LogP contribution is 2.18. The summed E-state index contributed by atoms with van der Waals surface area (Å²) in [5.74, 6) is 1.97. The van der Waals surface area contributed by atoms with Crippen molar-refractivity contribution in [2.24, 2.45) is 5.92 Å². The van der Waals surface area contributed by atoms with Gasteiger partial charge in [-0.15, -0.1) is 0 Å². The summed E-state index contributed by atoms with van der Waals surface area (Å²) in [5.41, 5.74) is 0. The van der Waals surface area contributed by atoms with Gasteiger partial charge in [-0.1, -0.05) is 6.92 Å². The molecule has 1 saturated heterocycles. The van der Waals surface area contributed by atoms with Crippen molar-refractivity contribution in [3.05, 3.63) is 0 Å². The van der Waals surface area contributed by atoms with Gasteiger partial charge in [-0.3, -0.25) is 0 Å². The molecule has 0 aromatic carbocycles. The first kappa shape index (κ1) is 4.47. The molecular formula is C4H8OS. The molecule has 36 valence electrons. The van der Waals surface area contributed by atoms with Crippen LogP contribution in [0, 0.1) is 5.92 Å². The fourth-order valence-electron chi connectivity index (χ4n) is 0.377. The molecule has 0 N–H and O–H groups in total. The molecule has 0 bridgehead atoms. The van der Waals surface area contributed by atoms with Gasteiger partial charge < -0.3 is 4.18 Å². The molecule has 1 unspecified atom stereocenters. The fourth-order valence-corrected chi connectivity index (χ4v) is 1.13. The van der Waals surface area contributed by atoms with Gasteiger partial charge >= 0.3 is 0 Å². The first-order valence-corrected chi connectivity index (χ1v) is 3.05. The lowest BCUT2D eigenvalue weighted by molar-refractivity contribution is 0.354. The maximum Gasteiger partial charge on any atom is 0.0648 e. The van der Waals surface area contributed by atoms with Crippen LogP contribution in [-0.4, -0.2) is 12.4 Å². The molecule has 1 nitrogen and oxygen atoms in total. The maximum absolute atomic E-state index is 4.97. The summed E-state index contributed by atoms with van der Waals surface area (Å²) in [5, 5.41) is 0. The summed E-state index contributed by atoms with van der Waals surface area (Å²) >= 11 is 1.58. The molecule has 1 heterocycles. The van der Waals surface area contributed by atoms with E-state index in [1.54, 1.807) is 12.0 Å². The van der Waals surface area contributed by atoms with Crippen molar-refractivity contribution >= 4 is 12.0 Å². The molecule has 1 fully saturated rings. The van der Waals surface area contributed by atoms with E-state index in [0.717, 1.165) is 12.5 Å². The van der Waals surface area contributed by atoms with Crippen molar-refractivity contribution in [1.82, 2.24) is 0 Å². The average molecular weight is 104 g/mol. The Kier molecular flexibility index (Phi) is 1.37. The van der Waals surface area contributed by atoms with Gasteiger partial charge in [0, 0.05) is 5.75 Å². The molecule has 0 spiro atoms. The van der Waals surface area contributed by atoms with Gasteiger partial charge in [-0.2, -0.15) is 0 Å². The Balaban J connectivity index is 2.18. The second-order valence-corrected chi connectivity index (χ2v) is 2.48. The third-order valence-electron chi connectivity index (χ3n) is 0.788. The van der Waals surface area contributed by atoms with Crippen molar-refractivity contribution in [3.63, 3.8) is 0 Å². The zero-order valence-corrected chi connectivity index (χ0v) is 4.62. The van der Waals surface area contributed by atoms with E-state index >= 15 is 0 Å². The van der Waals surface area contributed by atoms with Crippen LogP contribution >= 0.6 is 12.0 Å². The Morgan fingerprint density at radius 1 is 1.83 bits per heavy atom. The van der Waals surface area contributed by atoms with Crippen molar-refractivity contribution in [1.29, 1.82) is 0 Å². The van der Waals surface area contributed by atoms with Crippen LogP contribution in [0.4, 0.5) is 0 Å². The lowest BCUT2D eigenvalue weighted by atomic mass is 10.2. The number of hydrogen-bond acceptors (Lipinski definition) is 2. The third kappa shape index (κ3) is 0.884. The van der Waals surface area contributed by atoms with Crippen LogP contribution in [0.25, 0.3) is 0 Å². The predicted molar refractivity (Wildman–Crippen MR) is 27.6 cm³/mol. The van der Waals surface area contributed by atoms with Crippen LogP contribution in [0.15, 0.2) is 0 Å². The maximum atomic E-state index is 4.97. The molecule has 0 aromatic rings. The van der Waals surface area contributed by atoms with Crippen LogP contribution < -0.4 is 0 Å². The summed E-state index contributed by atoms with van der Waals surface area (Å²) in [6, 6.07) is 0. The highest BCUT2D eigenvalue weighted by atomic mass is 32.2. The quantitative estimate of drug-likeness (QED) is 0.428. The lowest BCUT2D eigenvalue weighted by Crippen LogP contribution is -1.92. The van der Waals surface area contributed by atoms with E-state index in [-0.39, 0.29) is 0 Å². The van der Waals surface area contributed by atoms with E-state index in [9.17, 15) is 0 Å². The molecule has 1 aliphatic rings. The summed E-state index contributed by atoms with van der Waals surface area (Å²) in [6.45, 7) is 3.14. The standard InChI is InChI=1S/C4H8OS/c1-4-2-5-6-3-4/h4H,2-3H2,1H3. The van der Waals surface area contributed by atoms with Crippen LogP contribution in [-0.2, 0) is 4.18 Å². The highest BCUT2D eigenvalue weighted by molar-refractivity contribution is 7.94. The molecule has 2 heteroatoms. The van der Waals surface area contributed by atoms with Gasteiger partial charge in [0.2, 0.25) is 0 Å². The van der Waals surface area contributed by atoms with Crippen LogP contribution in [0.2, 0.25) is 0 Å². The Hall–Kier alpha value is 0.310. The molecule has 1 aliphatic heterocycles. The van der Waals surface area contributed by atoms with E-state index < -0.39 is 0 Å². The minimum Gasteiger partial charge on any atom is -0.315 e. The first-order valence-electron chi connectivity index (χ1n) is 2.14. The van der Waals surface area contributed by atoms with Gasteiger partial charge in [0.05, 0.1) is 6.61 Å². The van der Waals surface area contributed by atoms with Crippen molar-refractivity contribution in [2.45, 2.75) is 6.92 Å². The second kappa shape index (κ2) is 1.85. The SMILES string of the molecule is CC1COSC1. The third-order valence-corrected chi connectivity index (χ3v) is 1.80. The van der Waals surface area contributed by atoms with E-state index in [4.69, 9.17) is 4.18 Å². The Labute approximate surface area is 42.3 Å². The van der Waals surface area contributed by atoms with E-state index in [0.29, 0.717) is 0 Å². The summed E-state index contributed by atoms with van der Waals surface area (Å²) in [7, 11) is 0. The van der Waals surface area contributed by atoms with Crippen molar-refractivity contribution in [3.8, 4) is 0 Å². The van der Waals surface area contributed by atoms with Crippen molar-refractivity contribution < 1.29 is 4.18 Å². The van der Waals surface area contributed by atoms with E-state index in [1.165, 1.54) is 5.75 Å². The minimum absolute atomic E-state index is 0.787. The molecular weight excluding hydrogens is 96.1 g/mol. The Morgan fingerprint density at radius 2 is 2.67 bits per heavy atom. The summed E-state index contributed by atoms with van der Waals surface area (Å²) in [4.78, 5) is 0. The molecule has 0 aliphatic carbocycles. The zero-order valence-electron chi connectivity index (χ0n) is 3.81. The topological polar surface area (TPSA) is 9.23 Å². The summed E-state index contributed by atoms with van der Waals surface area (Å²) in [6.07, 6.45) is 0. The smallest absolute Gasteiger partial charge is 0.0648 e. The number of rotatable bonds is 0. The summed E-state index contributed by atoms with van der Waals surface area (Å²) < 4.78 is 4.97. The molecule has 6 heavy (non-hydrogen) atoms. The van der Waals surface area contributed by atoms with E-state index in [2.05, 4.69) is 6.92 Å². The highest BCUT2D eigenvalue weighted by Gasteiger charge is 2.09. The largest absolute Gasteiger partial charge is 0.315 e. The monoisotopic (exact) mass is 104 g/mol. The molecule has 0 aromatic heterocycles. The number of hydrogen-bond donors (Lipinski definition) is 0.